The van der Waals surface area contributed by atoms with Crippen LogP contribution in [0.15, 0.2) is 52.0 Å². The fourth-order valence-corrected chi connectivity index (χ4v) is 4.66. The summed E-state index contributed by atoms with van der Waals surface area (Å²) in [7, 11) is 0. The van der Waals surface area contributed by atoms with Crippen molar-refractivity contribution in [3.63, 3.8) is 0 Å². The zero-order valence-electron chi connectivity index (χ0n) is 18.6. The van der Waals surface area contributed by atoms with Crippen LogP contribution in [0.1, 0.15) is 47.2 Å². The molecule has 0 saturated heterocycles. The van der Waals surface area contributed by atoms with Crippen molar-refractivity contribution in [2.24, 2.45) is 0 Å². The molecule has 0 bridgehead atoms. The van der Waals surface area contributed by atoms with Crippen LogP contribution in [0.2, 0.25) is 0 Å². The Kier molecular flexibility index (Phi) is 6.15. The quantitative estimate of drug-likeness (QED) is 0.307. The first-order valence-corrected chi connectivity index (χ1v) is 11.4. The van der Waals surface area contributed by atoms with Crippen LogP contribution in [0.3, 0.4) is 0 Å². The number of nitriles is 1. The zero-order valence-corrected chi connectivity index (χ0v) is 19.5. The molecule has 1 aliphatic carbocycles. The van der Waals surface area contributed by atoms with Crippen molar-refractivity contribution in [1.29, 1.82) is 5.26 Å². The highest BCUT2D eigenvalue weighted by atomic mass is 32.2. The highest BCUT2D eigenvalue weighted by Crippen LogP contribution is 2.38. The Hall–Kier alpha value is -3.37. The first-order valence-electron chi connectivity index (χ1n) is 10.6. The van der Waals surface area contributed by atoms with Crippen molar-refractivity contribution in [2.45, 2.75) is 56.6 Å². The Morgan fingerprint density at radius 3 is 2.38 bits per heavy atom. The number of nitrogens with zero attached hydrogens (tertiary/aromatic N) is 4. The number of anilines is 1. The summed E-state index contributed by atoms with van der Waals surface area (Å²) in [5.41, 5.74) is 5.75. The Bertz CT molecular complexity index is 1230. The van der Waals surface area contributed by atoms with Gasteiger partial charge in [0.25, 0.3) is 5.91 Å². The van der Waals surface area contributed by atoms with E-state index in [0.29, 0.717) is 16.9 Å². The van der Waals surface area contributed by atoms with Gasteiger partial charge in [0.15, 0.2) is 5.16 Å². The summed E-state index contributed by atoms with van der Waals surface area (Å²) in [4.78, 5) is 22.6. The molecule has 1 saturated carbocycles. The monoisotopic (exact) mass is 443 g/mol. The molecule has 162 valence electrons. The van der Waals surface area contributed by atoms with E-state index in [0.717, 1.165) is 33.2 Å². The highest BCUT2D eigenvalue weighted by Gasteiger charge is 2.26. The number of aryl methyl sites for hydroxylation is 3. The van der Waals surface area contributed by atoms with Gasteiger partial charge in [0.2, 0.25) is 0 Å². The van der Waals surface area contributed by atoms with Gasteiger partial charge in [-0.15, -0.1) is 0 Å². The third-order valence-corrected chi connectivity index (χ3v) is 6.26. The van der Waals surface area contributed by atoms with Gasteiger partial charge in [0.1, 0.15) is 11.6 Å². The van der Waals surface area contributed by atoms with Gasteiger partial charge in [0.05, 0.1) is 0 Å². The van der Waals surface area contributed by atoms with Gasteiger partial charge in [-0.3, -0.25) is 4.79 Å². The summed E-state index contributed by atoms with van der Waals surface area (Å²) in [5.74, 6) is -0.415. The molecule has 2 heterocycles. The van der Waals surface area contributed by atoms with Gasteiger partial charge in [-0.1, -0.05) is 0 Å². The van der Waals surface area contributed by atoms with Gasteiger partial charge in [-0.05, 0) is 100 Å². The number of hydrogen-bond acceptors (Lipinski definition) is 5. The minimum atomic E-state index is -0.415. The fraction of sp³-hybridized carbons (Fsp3) is 0.280. The maximum absolute atomic E-state index is 12.7. The van der Waals surface area contributed by atoms with E-state index in [-0.39, 0.29) is 5.57 Å². The molecule has 7 heteroatoms. The van der Waals surface area contributed by atoms with Crippen molar-refractivity contribution in [2.75, 3.05) is 5.32 Å². The number of carbonyl (C=O) groups is 1. The van der Waals surface area contributed by atoms with Crippen LogP contribution < -0.4 is 5.32 Å². The van der Waals surface area contributed by atoms with E-state index in [9.17, 15) is 10.1 Å². The van der Waals surface area contributed by atoms with Crippen LogP contribution in [0.25, 0.3) is 6.08 Å². The van der Waals surface area contributed by atoms with Crippen LogP contribution in [0, 0.1) is 39.0 Å². The molecule has 1 N–H and O–H groups in total. The molecule has 32 heavy (non-hydrogen) atoms. The average molecular weight is 444 g/mol. The van der Waals surface area contributed by atoms with Crippen molar-refractivity contribution < 1.29 is 4.79 Å². The number of amides is 1. The first-order chi connectivity index (χ1) is 15.3. The second kappa shape index (κ2) is 9.01. The van der Waals surface area contributed by atoms with Crippen LogP contribution in [0.5, 0.6) is 0 Å². The minimum Gasteiger partial charge on any atom is -0.346 e. The molecule has 1 aromatic carbocycles. The molecule has 0 atom stereocenters. The highest BCUT2D eigenvalue weighted by molar-refractivity contribution is 7.99. The van der Waals surface area contributed by atoms with Crippen LogP contribution in [0.4, 0.5) is 5.69 Å². The predicted molar refractivity (Wildman–Crippen MR) is 126 cm³/mol. The van der Waals surface area contributed by atoms with Gasteiger partial charge >= 0.3 is 0 Å². The van der Waals surface area contributed by atoms with Crippen molar-refractivity contribution in [1.82, 2.24) is 14.5 Å². The van der Waals surface area contributed by atoms with Crippen LogP contribution in [-0.4, -0.2) is 20.4 Å². The molecule has 1 amide bonds. The summed E-state index contributed by atoms with van der Waals surface area (Å²) in [6.45, 7) is 8.00. The zero-order chi connectivity index (χ0) is 22.8. The van der Waals surface area contributed by atoms with E-state index in [1.54, 1.807) is 6.08 Å². The lowest BCUT2D eigenvalue weighted by molar-refractivity contribution is -0.112. The fourth-order valence-electron chi connectivity index (χ4n) is 3.80. The Morgan fingerprint density at radius 1 is 1.12 bits per heavy atom. The number of hydrogen-bond donors (Lipinski definition) is 1. The number of aromatic nitrogens is 3. The number of rotatable bonds is 6. The van der Waals surface area contributed by atoms with Gasteiger partial charge in [-0.2, -0.15) is 5.26 Å². The first kappa shape index (κ1) is 21.8. The standard InChI is InChI=1S/C25H25N5OS/c1-15-11-16(2)28-25(27-15)32-23-9-5-21(6-10-23)29-24(31)20(14-26)13-19-12-17(3)30(18(19)4)22-7-8-22/h5-6,9-13,22H,7-8H2,1-4H3,(H,29,31)/b20-13+. The third kappa shape index (κ3) is 4.92. The summed E-state index contributed by atoms with van der Waals surface area (Å²) in [6.07, 6.45) is 4.06. The maximum atomic E-state index is 12.7. The van der Waals surface area contributed by atoms with Gasteiger partial charge in [-0.25, -0.2) is 9.97 Å². The lowest BCUT2D eigenvalue weighted by Gasteiger charge is -2.07. The van der Waals surface area contributed by atoms with E-state index in [1.807, 2.05) is 63.2 Å². The van der Waals surface area contributed by atoms with E-state index < -0.39 is 5.91 Å². The second-order valence-corrected chi connectivity index (χ2v) is 9.15. The Labute approximate surface area is 192 Å². The molecule has 3 aromatic rings. The summed E-state index contributed by atoms with van der Waals surface area (Å²) in [5, 5.41) is 13.1. The molecule has 0 radical (unpaired) electrons. The normalized spacial score (nSPS) is 13.7. The number of nitrogens with one attached hydrogen (secondary N) is 1. The molecule has 6 nitrogen and oxygen atoms in total. The second-order valence-electron chi connectivity index (χ2n) is 8.11. The third-order valence-electron chi connectivity index (χ3n) is 5.38. The number of carbonyl (C=O) groups excluding carboxylic acids is 1. The largest absolute Gasteiger partial charge is 0.346 e. The molecule has 1 aliphatic rings. The average Bonchev–Trinajstić information content (AvgIpc) is 3.52. The molecule has 0 aliphatic heterocycles. The maximum Gasteiger partial charge on any atom is 0.266 e. The molecule has 1 fully saturated rings. The summed E-state index contributed by atoms with van der Waals surface area (Å²) >= 11 is 1.47. The lowest BCUT2D eigenvalue weighted by atomic mass is 10.1. The van der Waals surface area contributed by atoms with Gasteiger partial charge < -0.3 is 9.88 Å². The molecule has 0 spiro atoms. The SMILES string of the molecule is Cc1cc(C)nc(Sc2ccc(NC(=O)/C(C#N)=C/c3cc(C)n(C4CC4)c3C)cc2)n1. The van der Waals surface area contributed by atoms with Crippen LogP contribution in [-0.2, 0) is 4.79 Å². The predicted octanol–water partition coefficient (Wildman–Crippen LogP) is 5.54. The van der Waals surface area contributed by atoms with Crippen LogP contribution >= 0.6 is 11.8 Å². The van der Waals surface area contributed by atoms with E-state index in [4.69, 9.17) is 0 Å². The smallest absolute Gasteiger partial charge is 0.266 e. The van der Waals surface area contributed by atoms with Crippen molar-refractivity contribution in [3.8, 4) is 6.07 Å². The Balaban J connectivity index is 1.46. The lowest BCUT2D eigenvalue weighted by Crippen LogP contribution is -2.13. The molecule has 0 unspecified atom stereocenters. The van der Waals surface area contributed by atoms with E-state index >= 15 is 0 Å². The molecule has 4 rings (SSSR count). The summed E-state index contributed by atoms with van der Waals surface area (Å²) < 4.78 is 2.30. The van der Waals surface area contributed by atoms with Crippen molar-refractivity contribution in [3.05, 3.63) is 70.3 Å². The molecular weight excluding hydrogens is 418 g/mol. The van der Waals surface area contributed by atoms with E-state index in [2.05, 4.69) is 26.8 Å². The molecular formula is C25H25N5OS. The summed E-state index contributed by atoms with van der Waals surface area (Å²) in [6, 6.07) is 14.0. The topological polar surface area (TPSA) is 83.6 Å². The van der Waals surface area contributed by atoms with E-state index in [1.165, 1.54) is 24.6 Å². The minimum absolute atomic E-state index is 0.0862. The van der Waals surface area contributed by atoms with Gasteiger partial charge in [0, 0.05) is 39.4 Å². The Morgan fingerprint density at radius 2 is 1.78 bits per heavy atom. The molecule has 2 aromatic heterocycles. The van der Waals surface area contributed by atoms with Crippen molar-refractivity contribution >= 4 is 29.4 Å². The number of benzene rings is 1.